The van der Waals surface area contributed by atoms with Gasteiger partial charge in [0.2, 0.25) is 0 Å². The van der Waals surface area contributed by atoms with Crippen LogP contribution in [0.1, 0.15) is 12.5 Å². The molecule has 1 N–H and O–H groups in total. The minimum atomic E-state index is -1.13. The van der Waals surface area contributed by atoms with Gasteiger partial charge in [-0.3, -0.25) is 14.9 Å². The van der Waals surface area contributed by atoms with Gasteiger partial charge in [0.25, 0.3) is 11.6 Å². The topological polar surface area (TPSA) is 132 Å². The molecule has 0 aliphatic carbocycles. The van der Waals surface area contributed by atoms with E-state index in [4.69, 9.17) is 14.6 Å². The van der Waals surface area contributed by atoms with E-state index in [2.05, 4.69) is 21.0 Å². The van der Waals surface area contributed by atoms with Crippen molar-refractivity contribution in [2.75, 3.05) is 18.7 Å². The molecule has 1 aliphatic heterocycles. The van der Waals surface area contributed by atoms with Crippen LogP contribution in [0.15, 0.2) is 51.5 Å². The molecular formula is C20H16BrN3O7. The van der Waals surface area contributed by atoms with Crippen molar-refractivity contribution in [3.05, 3.63) is 62.1 Å². The van der Waals surface area contributed by atoms with E-state index in [-0.39, 0.29) is 17.2 Å². The fourth-order valence-electron chi connectivity index (χ4n) is 2.84. The Kier molecular flexibility index (Phi) is 6.35. The highest BCUT2D eigenvalue weighted by Crippen LogP contribution is 2.37. The van der Waals surface area contributed by atoms with E-state index in [1.807, 2.05) is 0 Å². The lowest BCUT2D eigenvalue weighted by Crippen LogP contribution is -2.21. The maximum Gasteiger partial charge on any atom is 0.341 e. The van der Waals surface area contributed by atoms with Gasteiger partial charge in [-0.25, -0.2) is 4.79 Å². The predicted octanol–water partition coefficient (Wildman–Crippen LogP) is 3.64. The Balaban J connectivity index is 1.90. The Morgan fingerprint density at radius 3 is 2.58 bits per heavy atom. The molecule has 2 aromatic carbocycles. The van der Waals surface area contributed by atoms with E-state index in [0.717, 1.165) is 0 Å². The lowest BCUT2D eigenvalue weighted by Gasteiger charge is -2.13. The summed E-state index contributed by atoms with van der Waals surface area (Å²) in [7, 11) is 1.41. The number of carbonyl (C=O) groups excluding carboxylic acids is 1. The van der Waals surface area contributed by atoms with Crippen LogP contribution in [0.5, 0.6) is 11.5 Å². The summed E-state index contributed by atoms with van der Waals surface area (Å²) in [6.45, 7) is 1.13. The number of anilines is 1. The van der Waals surface area contributed by atoms with E-state index in [1.165, 1.54) is 36.4 Å². The number of benzene rings is 2. The summed E-state index contributed by atoms with van der Waals surface area (Å²) in [5.74, 6) is -1.01. The van der Waals surface area contributed by atoms with Crippen LogP contribution in [0.3, 0.4) is 0 Å². The average molecular weight is 490 g/mol. The molecule has 1 heterocycles. The molecule has 0 fully saturated rings. The van der Waals surface area contributed by atoms with Crippen molar-refractivity contribution >= 4 is 51.0 Å². The molecular weight excluding hydrogens is 474 g/mol. The number of non-ortho nitro benzene ring substituents is 1. The summed E-state index contributed by atoms with van der Waals surface area (Å²) in [6.07, 6.45) is 1.61. The Labute approximate surface area is 184 Å². The van der Waals surface area contributed by atoms with Gasteiger partial charge in [0, 0.05) is 12.1 Å². The van der Waals surface area contributed by atoms with Gasteiger partial charge in [-0.2, -0.15) is 10.1 Å². The molecule has 31 heavy (non-hydrogen) atoms. The quantitative estimate of drug-likeness (QED) is 0.356. The van der Waals surface area contributed by atoms with Gasteiger partial charge in [-0.15, -0.1) is 0 Å². The SMILES string of the molecule is COc1cc(C=C2C(=O)N(c3ccc([N+](=O)[O-])cc3)N=C2C)cc(Br)c1OCC(=O)O. The second kappa shape index (κ2) is 8.96. The first-order valence-electron chi connectivity index (χ1n) is 8.79. The first-order valence-corrected chi connectivity index (χ1v) is 9.59. The van der Waals surface area contributed by atoms with Crippen LogP contribution in [0.4, 0.5) is 11.4 Å². The number of carboxylic acids is 1. The van der Waals surface area contributed by atoms with Crippen LogP contribution in [0.2, 0.25) is 0 Å². The second-order valence-corrected chi connectivity index (χ2v) is 7.20. The summed E-state index contributed by atoms with van der Waals surface area (Å²) in [4.78, 5) is 34.0. The number of nitro groups is 1. The van der Waals surface area contributed by atoms with E-state index < -0.39 is 23.4 Å². The van der Waals surface area contributed by atoms with Crippen LogP contribution in [0, 0.1) is 10.1 Å². The van der Waals surface area contributed by atoms with Gasteiger partial charge >= 0.3 is 5.97 Å². The van der Waals surface area contributed by atoms with E-state index >= 15 is 0 Å². The highest BCUT2D eigenvalue weighted by Gasteiger charge is 2.29. The number of carboxylic acid groups (broad SMARTS) is 1. The number of nitro benzene ring substituents is 1. The summed E-state index contributed by atoms with van der Waals surface area (Å²) in [5.41, 5.74) is 1.69. The molecule has 10 nitrogen and oxygen atoms in total. The normalized spacial score (nSPS) is 14.5. The first kappa shape index (κ1) is 22.0. The number of hydrogen-bond acceptors (Lipinski definition) is 7. The standard InChI is InChI=1S/C20H16BrN3O7/c1-11-15(20(27)23(22-11)13-3-5-14(6-4-13)24(28)29)7-12-8-16(21)19(17(9-12)30-2)31-10-18(25)26/h3-9H,10H2,1-2H3,(H,25,26). The minimum Gasteiger partial charge on any atom is -0.493 e. The van der Waals surface area contributed by atoms with Gasteiger partial charge in [0.05, 0.1) is 33.5 Å². The van der Waals surface area contributed by atoms with E-state index in [0.29, 0.717) is 27.0 Å². The first-order chi connectivity index (χ1) is 14.7. The zero-order chi connectivity index (χ0) is 22.7. The van der Waals surface area contributed by atoms with Gasteiger partial charge in [0.15, 0.2) is 18.1 Å². The van der Waals surface area contributed by atoms with Gasteiger partial charge in [-0.1, -0.05) is 0 Å². The molecule has 0 bridgehead atoms. The predicted molar refractivity (Wildman–Crippen MR) is 115 cm³/mol. The fraction of sp³-hybridized carbons (Fsp3) is 0.150. The number of aliphatic carboxylic acids is 1. The van der Waals surface area contributed by atoms with Crippen LogP contribution in [-0.4, -0.2) is 41.3 Å². The Hall–Kier alpha value is -3.73. The number of nitrogens with zero attached hydrogens (tertiary/aromatic N) is 3. The Bertz CT molecular complexity index is 1130. The molecule has 0 saturated heterocycles. The van der Waals surface area contributed by atoms with Crippen molar-refractivity contribution in [3.63, 3.8) is 0 Å². The number of halogens is 1. The molecule has 0 aromatic heterocycles. The molecule has 3 rings (SSSR count). The monoisotopic (exact) mass is 489 g/mol. The fourth-order valence-corrected chi connectivity index (χ4v) is 3.41. The number of methoxy groups -OCH3 is 1. The largest absolute Gasteiger partial charge is 0.493 e. The number of carbonyl (C=O) groups is 2. The van der Waals surface area contributed by atoms with Crippen molar-refractivity contribution in [2.24, 2.45) is 5.10 Å². The molecule has 0 saturated carbocycles. The number of hydrazone groups is 1. The van der Waals surface area contributed by atoms with Crippen LogP contribution < -0.4 is 14.5 Å². The highest BCUT2D eigenvalue weighted by molar-refractivity contribution is 9.10. The minimum absolute atomic E-state index is 0.0889. The summed E-state index contributed by atoms with van der Waals surface area (Å²) < 4.78 is 11.0. The van der Waals surface area contributed by atoms with Gasteiger partial charge in [-0.05, 0) is 58.8 Å². The third-order valence-corrected chi connectivity index (χ3v) is 4.86. The number of ether oxygens (including phenoxy) is 2. The highest BCUT2D eigenvalue weighted by atomic mass is 79.9. The summed E-state index contributed by atoms with van der Waals surface area (Å²) >= 11 is 3.33. The number of hydrogen-bond donors (Lipinski definition) is 1. The molecule has 0 spiro atoms. The van der Waals surface area contributed by atoms with Gasteiger partial charge < -0.3 is 14.6 Å². The lowest BCUT2D eigenvalue weighted by atomic mass is 10.1. The second-order valence-electron chi connectivity index (χ2n) is 6.35. The van der Waals surface area contributed by atoms with Crippen LogP contribution in [0.25, 0.3) is 6.08 Å². The molecule has 0 radical (unpaired) electrons. The molecule has 1 aliphatic rings. The lowest BCUT2D eigenvalue weighted by molar-refractivity contribution is -0.384. The zero-order valence-corrected chi connectivity index (χ0v) is 18.0. The average Bonchev–Trinajstić information content (AvgIpc) is 3.00. The van der Waals surface area contributed by atoms with E-state index in [1.54, 1.807) is 25.1 Å². The third kappa shape index (κ3) is 4.72. The Morgan fingerprint density at radius 2 is 2.00 bits per heavy atom. The van der Waals surface area contributed by atoms with Crippen molar-refractivity contribution in [1.82, 2.24) is 0 Å². The van der Waals surface area contributed by atoms with Crippen molar-refractivity contribution in [2.45, 2.75) is 6.92 Å². The zero-order valence-electron chi connectivity index (χ0n) is 16.4. The van der Waals surface area contributed by atoms with Gasteiger partial charge in [0.1, 0.15) is 0 Å². The summed E-state index contributed by atoms with van der Waals surface area (Å²) in [5, 5.41) is 25.1. The van der Waals surface area contributed by atoms with Crippen molar-refractivity contribution in [1.29, 1.82) is 0 Å². The molecule has 0 atom stereocenters. The smallest absolute Gasteiger partial charge is 0.341 e. The molecule has 1 amide bonds. The van der Waals surface area contributed by atoms with E-state index in [9.17, 15) is 19.7 Å². The van der Waals surface area contributed by atoms with Crippen molar-refractivity contribution in [3.8, 4) is 11.5 Å². The van der Waals surface area contributed by atoms with Crippen LogP contribution in [-0.2, 0) is 9.59 Å². The molecule has 11 heteroatoms. The summed E-state index contributed by atoms with van der Waals surface area (Å²) in [6, 6.07) is 8.75. The Morgan fingerprint density at radius 1 is 1.32 bits per heavy atom. The van der Waals surface area contributed by atoms with Crippen LogP contribution >= 0.6 is 15.9 Å². The van der Waals surface area contributed by atoms with Crippen molar-refractivity contribution < 1.29 is 29.1 Å². The molecule has 2 aromatic rings. The maximum absolute atomic E-state index is 12.9. The molecule has 0 unspecified atom stereocenters. The molecule has 160 valence electrons. The third-order valence-electron chi connectivity index (χ3n) is 4.27. The number of rotatable bonds is 7. The number of amides is 1. The maximum atomic E-state index is 12.9.